The highest BCUT2D eigenvalue weighted by molar-refractivity contribution is 5.84. The van der Waals surface area contributed by atoms with E-state index in [1.165, 1.54) is 25.7 Å². The second kappa shape index (κ2) is 4.36. The van der Waals surface area contributed by atoms with E-state index in [2.05, 4.69) is 0 Å². The summed E-state index contributed by atoms with van der Waals surface area (Å²) < 4.78 is 5.28. The van der Waals surface area contributed by atoms with E-state index >= 15 is 0 Å². The van der Waals surface area contributed by atoms with Gasteiger partial charge >= 0.3 is 0 Å². The minimum absolute atomic E-state index is 0.159. The Morgan fingerprint density at radius 1 is 1.25 bits per heavy atom. The number of methoxy groups -OCH3 is 1. The van der Waals surface area contributed by atoms with Crippen LogP contribution >= 0.6 is 0 Å². The Morgan fingerprint density at radius 2 is 1.81 bits per heavy atom. The molecule has 0 N–H and O–H groups in total. The van der Waals surface area contributed by atoms with Crippen LogP contribution in [0.3, 0.4) is 0 Å². The molecule has 16 heavy (non-hydrogen) atoms. The summed E-state index contributed by atoms with van der Waals surface area (Å²) >= 11 is 0. The molecule has 2 bridgehead atoms. The first-order chi connectivity index (χ1) is 7.53. The number of nitrogens with zero attached hydrogens (tertiary/aromatic N) is 1. The van der Waals surface area contributed by atoms with E-state index in [4.69, 9.17) is 4.74 Å². The largest absolute Gasteiger partial charge is 0.369 e. The molecule has 0 aromatic heterocycles. The van der Waals surface area contributed by atoms with Crippen molar-refractivity contribution in [3.8, 4) is 0 Å². The Hall–Kier alpha value is -0.570. The Labute approximate surface area is 98.1 Å². The normalized spacial score (nSPS) is 30.3. The molecule has 3 nitrogen and oxygen atoms in total. The zero-order chi connectivity index (χ0) is 11.8. The first kappa shape index (κ1) is 11.9. The molecule has 1 aliphatic carbocycles. The fourth-order valence-electron chi connectivity index (χ4n) is 3.07. The van der Waals surface area contributed by atoms with E-state index in [1.54, 1.807) is 7.11 Å². The number of fused-ring (bicyclic) bond motifs is 2. The average Bonchev–Trinajstić information content (AvgIpc) is 2.27. The van der Waals surface area contributed by atoms with E-state index in [-0.39, 0.29) is 5.91 Å². The average molecular weight is 225 g/mol. The molecule has 2 rings (SSSR count). The summed E-state index contributed by atoms with van der Waals surface area (Å²) in [5, 5.41) is 0. The van der Waals surface area contributed by atoms with Crippen molar-refractivity contribution >= 4 is 5.91 Å². The van der Waals surface area contributed by atoms with Crippen LogP contribution in [0.4, 0.5) is 0 Å². The molecule has 2 fully saturated rings. The van der Waals surface area contributed by atoms with Crippen molar-refractivity contribution in [2.24, 2.45) is 11.8 Å². The van der Waals surface area contributed by atoms with E-state index in [0.717, 1.165) is 24.9 Å². The van der Waals surface area contributed by atoms with Crippen LogP contribution in [0.1, 0.15) is 39.5 Å². The van der Waals surface area contributed by atoms with Crippen LogP contribution in [-0.4, -0.2) is 36.6 Å². The van der Waals surface area contributed by atoms with Gasteiger partial charge in [-0.05, 0) is 44.9 Å². The molecule has 92 valence electrons. The lowest BCUT2D eigenvalue weighted by Crippen LogP contribution is -2.53. The van der Waals surface area contributed by atoms with Gasteiger partial charge in [-0.2, -0.15) is 0 Å². The van der Waals surface area contributed by atoms with Crippen LogP contribution < -0.4 is 0 Å². The molecular weight excluding hydrogens is 202 g/mol. The molecule has 0 aromatic rings. The number of hydrogen-bond donors (Lipinski definition) is 0. The highest BCUT2D eigenvalue weighted by Gasteiger charge is 2.38. The molecule has 1 aliphatic heterocycles. The van der Waals surface area contributed by atoms with Gasteiger partial charge in [0.15, 0.2) is 0 Å². The van der Waals surface area contributed by atoms with Crippen molar-refractivity contribution in [1.82, 2.24) is 4.90 Å². The van der Waals surface area contributed by atoms with E-state index in [1.807, 2.05) is 18.7 Å². The number of ether oxygens (including phenoxy) is 1. The van der Waals surface area contributed by atoms with Gasteiger partial charge in [-0.15, -0.1) is 0 Å². The predicted molar refractivity (Wildman–Crippen MR) is 63.1 cm³/mol. The fraction of sp³-hybridized carbons (Fsp3) is 0.923. The summed E-state index contributed by atoms with van der Waals surface area (Å²) in [7, 11) is 1.61. The van der Waals surface area contributed by atoms with Gasteiger partial charge in [-0.3, -0.25) is 4.79 Å². The van der Waals surface area contributed by atoms with Gasteiger partial charge in [0.05, 0.1) is 0 Å². The minimum atomic E-state index is -0.661. The van der Waals surface area contributed by atoms with Crippen LogP contribution in [0, 0.1) is 11.8 Å². The molecule has 2 atom stereocenters. The fourth-order valence-corrected chi connectivity index (χ4v) is 3.07. The Kier molecular flexibility index (Phi) is 3.24. The third-order valence-electron chi connectivity index (χ3n) is 4.16. The van der Waals surface area contributed by atoms with Crippen molar-refractivity contribution in [1.29, 1.82) is 0 Å². The molecule has 3 heteroatoms. The van der Waals surface area contributed by atoms with Gasteiger partial charge in [0.1, 0.15) is 5.60 Å². The number of amides is 1. The number of carbonyl (C=O) groups excluding carboxylic acids is 1. The summed E-state index contributed by atoms with van der Waals surface area (Å²) in [6.07, 6.45) is 5.28. The monoisotopic (exact) mass is 225 g/mol. The second-order valence-electron chi connectivity index (χ2n) is 5.82. The van der Waals surface area contributed by atoms with Crippen LogP contribution in [-0.2, 0) is 9.53 Å². The summed E-state index contributed by atoms with van der Waals surface area (Å²) in [5.74, 6) is 1.64. The zero-order valence-electron chi connectivity index (χ0n) is 10.7. The maximum atomic E-state index is 12.3. The molecule has 0 spiro atoms. The molecule has 1 heterocycles. The first-order valence-corrected chi connectivity index (χ1v) is 6.37. The lowest BCUT2D eigenvalue weighted by Gasteiger charge is -2.43. The van der Waals surface area contributed by atoms with E-state index in [0.29, 0.717) is 0 Å². The Morgan fingerprint density at radius 3 is 2.31 bits per heavy atom. The molecular formula is C13H23NO2. The quantitative estimate of drug-likeness (QED) is 0.720. The maximum Gasteiger partial charge on any atom is 0.254 e. The van der Waals surface area contributed by atoms with Crippen molar-refractivity contribution < 1.29 is 9.53 Å². The van der Waals surface area contributed by atoms with Crippen LogP contribution in [0.5, 0.6) is 0 Å². The topological polar surface area (TPSA) is 29.5 Å². The Balaban J connectivity index is 2.03. The SMILES string of the molecule is COC(C)(C)C(=O)N1CC2CCCC(C2)C1. The number of hydrogen-bond acceptors (Lipinski definition) is 2. The molecule has 1 saturated carbocycles. The molecule has 0 radical (unpaired) electrons. The van der Waals surface area contributed by atoms with E-state index in [9.17, 15) is 4.79 Å². The van der Waals surface area contributed by atoms with Gasteiger partial charge in [0.2, 0.25) is 0 Å². The molecule has 2 unspecified atom stereocenters. The van der Waals surface area contributed by atoms with Gasteiger partial charge < -0.3 is 9.64 Å². The summed E-state index contributed by atoms with van der Waals surface area (Å²) in [6, 6.07) is 0. The van der Waals surface area contributed by atoms with Crippen molar-refractivity contribution in [2.45, 2.75) is 45.1 Å². The van der Waals surface area contributed by atoms with Gasteiger partial charge in [0, 0.05) is 20.2 Å². The van der Waals surface area contributed by atoms with E-state index < -0.39 is 5.60 Å². The maximum absolute atomic E-state index is 12.3. The van der Waals surface area contributed by atoms with Crippen LogP contribution in [0.25, 0.3) is 0 Å². The standard InChI is InChI=1S/C13H23NO2/c1-13(2,16-3)12(15)14-8-10-5-4-6-11(7-10)9-14/h10-11H,4-9H2,1-3H3. The van der Waals surface area contributed by atoms with Crippen molar-refractivity contribution in [2.75, 3.05) is 20.2 Å². The third kappa shape index (κ3) is 2.24. The third-order valence-corrected chi connectivity index (χ3v) is 4.16. The number of rotatable bonds is 2. The van der Waals surface area contributed by atoms with Crippen LogP contribution in [0.15, 0.2) is 0 Å². The second-order valence-corrected chi connectivity index (χ2v) is 5.82. The number of piperidine rings is 1. The highest BCUT2D eigenvalue weighted by Crippen LogP contribution is 2.35. The molecule has 1 saturated heterocycles. The summed E-state index contributed by atoms with van der Waals surface area (Å²) in [5.41, 5.74) is -0.661. The van der Waals surface area contributed by atoms with Gasteiger partial charge in [-0.1, -0.05) is 6.42 Å². The van der Waals surface area contributed by atoms with Crippen molar-refractivity contribution in [3.63, 3.8) is 0 Å². The number of likely N-dealkylation sites (tertiary alicyclic amines) is 1. The predicted octanol–water partition coefficient (Wildman–Crippen LogP) is 2.06. The number of carbonyl (C=O) groups is 1. The van der Waals surface area contributed by atoms with Gasteiger partial charge in [0.25, 0.3) is 5.91 Å². The zero-order valence-corrected chi connectivity index (χ0v) is 10.7. The summed E-state index contributed by atoms with van der Waals surface area (Å²) in [6.45, 7) is 5.61. The van der Waals surface area contributed by atoms with Crippen LogP contribution in [0.2, 0.25) is 0 Å². The minimum Gasteiger partial charge on any atom is -0.369 e. The lowest BCUT2D eigenvalue weighted by atomic mass is 9.77. The molecule has 1 amide bonds. The van der Waals surface area contributed by atoms with Gasteiger partial charge in [-0.25, -0.2) is 0 Å². The molecule has 0 aromatic carbocycles. The highest BCUT2D eigenvalue weighted by atomic mass is 16.5. The summed E-state index contributed by atoms with van der Waals surface area (Å²) in [4.78, 5) is 14.3. The Bertz CT molecular complexity index is 263. The molecule has 2 aliphatic rings. The first-order valence-electron chi connectivity index (χ1n) is 6.37. The van der Waals surface area contributed by atoms with Crippen molar-refractivity contribution in [3.05, 3.63) is 0 Å². The lowest BCUT2D eigenvalue weighted by molar-refractivity contribution is -0.154. The smallest absolute Gasteiger partial charge is 0.254 e.